The van der Waals surface area contributed by atoms with E-state index in [0.29, 0.717) is 0 Å². The second-order valence-corrected chi connectivity index (χ2v) is 5.54. The van der Waals surface area contributed by atoms with Crippen molar-refractivity contribution in [3.63, 3.8) is 0 Å². The molecule has 1 rings (SSSR count). The predicted octanol–water partition coefficient (Wildman–Crippen LogP) is 0.962. The Morgan fingerprint density at radius 3 is 2.59 bits per heavy atom. The van der Waals surface area contributed by atoms with Crippen molar-refractivity contribution < 1.29 is 4.79 Å². The highest BCUT2D eigenvalue weighted by Crippen LogP contribution is 2.26. The number of amides is 1. The molecule has 1 aliphatic rings. The van der Waals surface area contributed by atoms with Gasteiger partial charge in [-0.2, -0.15) is 0 Å². The average molecular weight is 241 g/mol. The Morgan fingerprint density at radius 1 is 1.53 bits per heavy atom. The largest absolute Gasteiger partial charge is 0.368 e. The molecule has 1 atom stereocenters. The maximum absolute atomic E-state index is 11.5. The van der Waals surface area contributed by atoms with Gasteiger partial charge in [-0.05, 0) is 45.7 Å². The lowest BCUT2D eigenvalue weighted by molar-refractivity contribution is -0.124. The molecule has 0 aliphatic heterocycles. The molecule has 0 heterocycles. The Bertz CT molecular complexity index is 253. The first-order valence-electron chi connectivity index (χ1n) is 6.71. The van der Waals surface area contributed by atoms with E-state index in [9.17, 15) is 4.79 Å². The summed E-state index contributed by atoms with van der Waals surface area (Å²) < 4.78 is 0. The summed E-state index contributed by atoms with van der Waals surface area (Å²) in [5.74, 6) is 0.621. The highest BCUT2D eigenvalue weighted by atomic mass is 16.1. The summed E-state index contributed by atoms with van der Waals surface area (Å²) in [5, 5.41) is 3.19. The molecule has 0 radical (unpaired) electrons. The van der Waals surface area contributed by atoms with Crippen LogP contribution in [-0.4, -0.2) is 43.0 Å². The van der Waals surface area contributed by atoms with Crippen LogP contribution in [0.15, 0.2) is 0 Å². The summed E-state index contributed by atoms with van der Waals surface area (Å²) in [7, 11) is 2.13. The van der Waals surface area contributed by atoms with Crippen LogP contribution in [0.1, 0.15) is 39.5 Å². The van der Waals surface area contributed by atoms with Gasteiger partial charge in [-0.15, -0.1) is 0 Å². The van der Waals surface area contributed by atoms with Gasteiger partial charge >= 0.3 is 0 Å². The summed E-state index contributed by atoms with van der Waals surface area (Å²) in [6.45, 7) is 6.74. The fourth-order valence-corrected chi connectivity index (χ4v) is 2.31. The van der Waals surface area contributed by atoms with Gasteiger partial charge in [-0.25, -0.2) is 0 Å². The van der Waals surface area contributed by atoms with Crippen LogP contribution in [0.25, 0.3) is 0 Å². The number of rotatable bonds is 8. The number of nitrogens with zero attached hydrogens (tertiary/aromatic N) is 1. The van der Waals surface area contributed by atoms with Crippen molar-refractivity contribution in [1.82, 2.24) is 10.2 Å². The number of nitrogens with one attached hydrogen (secondary N) is 1. The smallest absolute Gasteiger partial charge is 0.237 e. The summed E-state index contributed by atoms with van der Waals surface area (Å²) in [6, 6.07) is 0. The van der Waals surface area contributed by atoms with Crippen LogP contribution in [0.3, 0.4) is 0 Å². The van der Waals surface area contributed by atoms with Crippen LogP contribution >= 0.6 is 0 Å². The van der Waals surface area contributed by atoms with Crippen LogP contribution in [0.2, 0.25) is 0 Å². The molecule has 1 fully saturated rings. The normalized spacial score (nSPS) is 20.0. The first-order chi connectivity index (χ1) is 7.98. The second kappa shape index (κ2) is 6.36. The summed E-state index contributed by atoms with van der Waals surface area (Å²) in [4.78, 5) is 13.8. The minimum Gasteiger partial charge on any atom is -0.368 e. The van der Waals surface area contributed by atoms with Gasteiger partial charge in [-0.3, -0.25) is 4.79 Å². The molecular weight excluding hydrogens is 214 g/mol. The molecule has 0 saturated heterocycles. The third kappa shape index (κ3) is 4.28. The van der Waals surface area contributed by atoms with E-state index in [2.05, 4.69) is 17.3 Å². The zero-order valence-corrected chi connectivity index (χ0v) is 11.5. The molecule has 0 aromatic carbocycles. The van der Waals surface area contributed by atoms with Crippen molar-refractivity contribution in [3.8, 4) is 0 Å². The highest BCUT2D eigenvalue weighted by molar-refractivity contribution is 5.84. The van der Waals surface area contributed by atoms with Gasteiger partial charge in [0.2, 0.25) is 5.91 Å². The first-order valence-corrected chi connectivity index (χ1v) is 6.71. The number of carbonyl (C=O) groups is 1. The molecule has 0 aromatic rings. The van der Waals surface area contributed by atoms with E-state index in [4.69, 9.17) is 5.73 Å². The molecular formula is C13H27N3O. The standard InChI is InChI=1S/C13H27N3O/c1-4-15-13(2,12(14)17)8-9-16(3)10-11-6-5-7-11/h11,15H,4-10H2,1-3H3,(H2,14,17). The molecule has 1 aliphatic carbocycles. The minimum atomic E-state index is -0.567. The monoisotopic (exact) mass is 241 g/mol. The number of primary amides is 1. The van der Waals surface area contributed by atoms with E-state index >= 15 is 0 Å². The van der Waals surface area contributed by atoms with Crippen molar-refractivity contribution >= 4 is 5.91 Å². The fourth-order valence-electron chi connectivity index (χ4n) is 2.31. The van der Waals surface area contributed by atoms with Crippen molar-refractivity contribution in [1.29, 1.82) is 0 Å². The maximum atomic E-state index is 11.5. The molecule has 100 valence electrons. The summed E-state index contributed by atoms with van der Waals surface area (Å²) in [6.07, 6.45) is 4.89. The Morgan fingerprint density at radius 2 is 2.18 bits per heavy atom. The third-order valence-corrected chi connectivity index (χ3v) is 3.90. The molecule has 0 spiro atoms. The van der Waals surface area contributed by atoms with Gasteiger partial charge in [0.25, 0.3) is 0 Å². The van der Waals surface area contributed by atoms with Crippen molar-refractivity contribution in [3.05, 3.63) is 0 Å². The number of nitrogens with two attached hydrogens (primary N) is 1. The third-order valence-electron chi connectivity index (χ3n) is 3.90. The van der Waals surface area contributed by atoms with E-state index in [1.165, 1.54) is 19.3 Å². The Balaban J connectivity index is 2.32. The lowest BCUT2D eigenvalue weighted by Gasteiger charge is -2.33. The molecule has 1 saturated carbocycles. The van der Waals surface area contributed by atoms with Crippen LogP contribution < -0.4 is 11.1 Å². The van der Waals surface area contributed by atoms with Crippen molar-refractivity contribution in [2.45, 2.75) is 45.1 Å². The van der Waals surface area contributed by atoms with Gasteiger partial charge in [0.05, 0.1) is 5.54 Å². The number of carbonyl (C=O) groups excluding carboxylic acids is 1. The highest BCUT2D eigenvalue weighted by Gasteiger charge is 2.30. The SMILES string of the molecule is CCNC(C)(CCN(C)CC1CCC1)C(N)=O. The summed E-state index contributed by atoms with van der Waals surface area (Å²) in [5.41, 5.74) is 4.90. The molecule has 3 N–H and O–H groups in total. The zero-order valence-electron chi connectivity index (χ0n) is 11.5. The fraction of sp³-hybridized carbons (Fsp3) is 0.923. The minimum absolute atomic E-state index is 0.253. The van der Waals surface area contributed by atoms with Gasteiger partial charge in [-0.1, -0.05) is 13.3 Å². The number of hydrogen-bond acceptors (Lipinski definition) is 3. The van der Waals surface area contributed by atoms with Gasteiger partial charge < -0.3 is 16.0 Å². The molecule has 4 heteroatoms. The quantitative estimate of drug-likeness (QED) is 0.665. The predicted molar refractivity (Wildman–Crippen MR) is 70.7 cm³/mol. The molecule has 1 unspecified atom stereocenters. The second-order valence-electron chi connectivity index (χ2n) is 5.54. The number of hydrogen-bond donors (Lipinski definition) is 2. The van der Waals surface area contributed by atoms with E-state index in [1.54, 1.807) is 0 Å². The van der Waals surface area contributed by atoms with Crippen LogP contribution in [0.4, 0.5) is 0 Å². The Kier molecular flexibility index (Phi) is 5.40. The molecule has 0 bridgehead atoms. The molecule has 4 nitrogen and oxygen atoms in total. The topological polar surface area (TPSA) is 58.4 Å². The van der Waals surface area contributed by atoms with E-state index in [1.807, 2.05) is 13.8 Å². The molecule has 17 heavy (non-hydrogen) atoms. The summed E-state index contributed by atoms with van der Waals surface area (Å²) >= 11 is 0. The van der Waals surface area contributed by atoms with Crippen LogP contribution in [0, 0.1) is 5.92 Å². The van der Waals surface area contributed by atoms with E-state index in [-0.39, 0.29) is 5.91 Å². The van der Waals surface area contributed by atoms with E-state index < -0.39 is 5.54 Å². The lowest BCUT2D eigenvalue weighted by Crippen LogP contribution is -2.54. The van der Waals surface area contributed by atoms with Crippen LogP contribution in [0.5, 0.6) is 0 Å². The average Bonchev–Trinajstić information content (AvgIpc) is 2.21. The zero-order chi connectivity index (χ0) is 12.9. The Hall–Kier alpha value is -0.610. The first kappa shape index (κ1) is 14.5. The van der Waals surface area contributed by atoms with Crippen molar-refractivity contribution in [2.24, 2.45) is 11.7 Å². The molecule has 0 aromatic heterocycles. The van der Waals surface area contributed by atoms with Gasteiger partial charge in [0.15, 0.2) is 0 Å². The number of likely N-dealkylation sites (N-methyl/N-ethyl adjacent to an activating group) is 1. The van der Waals surface area contributed by atoms with Gasteiger partial charge in [0, 0.05) is 13.1 Å². The Labute approximate surface area is 105 Å². The van der Waals surface area contributed by atoms with Crippen LogP contribution in [-0.2, 0) is 4.79 Å². The van der Waals surface area contributed by atoms with Gasteiger partial charge in [0.1, 0.15) is 0 Å². The lowest BCUT2D eigenvalue weighted by atomic mass is 9.85. The maximum Gasteiger partial charge on any atom is 0.237 e. The van der Waals surface area contributed by atoms with E-state index in [0.717, 1.165) is 32.0 Å². The van der Waals surface area contributed by atoms with Crippen molar-refractivity contribution in [2.75, 3.05) is 26.7 Å². The molecule has 1 amide bonds.